The molecule has 0 fully saturated rings. The van der Waals surface area contributed by atoms with Gasteiger partial charge in [-0.25, -0.2) is 4.79 Å². The summed E-state index contributed by atoms with van der Waals surface area (Å²) in [6.07, 6.45) is -4.53. The van der Waals surface area contributed by atoms with Gasteiger partial charge in [-0.1, -0.05) is 12.1 Å². The minimum atomic E-state index is -4.40. The van der Waals surface area contributed by atoms with Crippen molar-refractivity contribution in [3.8, 4) is 11.5 Å². The molecule has 0 saturated heterocycles. The van der Waals surface area contributed by atoms with Crippen LogP contribution in [0.5, 0.6) is 0 Å². The minimum Gasteiger partial charge on any atom is -0.444 e. The Hall–Kier alpha value is -3.56. The Bertz CT molecular complexity index is 1120. The number of amides is 1. The zero-order valence-electron chi connectivity index (χ0n) is 19.6. The van der Waals surface area contributed by atoms with Gasteiger partial charge in [-0.15, -0.1) is 10.2 Å². The van der Waals surface area contributed by atoms with E-state index in [0.29, 0.717) is 29.2 Å². The van der Waals surface area contributed by atoms with Crippen LogP contribution in [0.2, 0.25) is 0 Å². The molecule has 2 aromatic carbocycles. The summed E-state index contributed by atoms with van der Waals surface area (Å²) in [6, 6.07) is 11.6. The van der Waals surface area contributed by atoms with Crippen molar-refractivity contribution >= 4 is 17.5 Å². The SMILES string of the molecule is CC(Cc1nnc(-c2ccccc2Nc2ccc(C(F)(F)F)cc2)o1)N(C)C(=O)OC(C)(C)C. The third-order valence-electron chi connectivity index (χ3n) is 4.93. The highest BCUT2D eigenvalue weighted by Crippen LogP contribution is 2.32. The number of nitrogens with one attached hydrogen (secondary N) is 1. The quantitative estimate of drug-likeness (QED) is 0.450. The third-order valence-corrected chi connectivity index (χ3v) is 4.93. The van der Waals surface area contributed by atoms with Gasteiger partial charge in [0.25, 0.3) is 0 Å². The summed E-state index contributed by atoms with van der Waals surface area (Å²) in [7, 11) is 1.64. The zero-order chi connectivity index (χ0) is 25.1. The molecule has 1 heterocycles. The predicted octanol–water partition coefficient (Wildman–Crippen LogP) is 6.30. The van der Waals surface area contributed by atoms with Gasteiger partial charge in [-0.3, -0.25) is 0 Å². The second kappa shape index (κ2) is 9.74. The highest BCUT2D eigenvalue weighted by molar-refractivity contribution is 5.76. The van der Waals surface area contributed by atoms with Crippen LogP contribution in [0.25, 0.3) is 11.5 Å². The lowest BCUT2D eigenvalue weighted by molar-refractivity contribution is -0.137. The van der Waals surface area contributed by atoms with Crippen molar-refractivity contribution in [1.29, 1.82) is 0 Å². The number of para-hydroxylation sites is 1. The van der Waals surface area contributed by atoms with Crippen LogP contribution in [-0.4, -0.2) is 39.9 Å². The largest absolute Gasteiger partial charge is 0.444 e. The Morgan fingerprint density at radius 1 is 1.09 bits per heavy atom. The van der Waals surface area contributed by atoms with E-state index in [0.717, 1.165) is 12.1 Å². The maximum atomic E-state index is 12.8. The van der Waals surface area contributed by atoms with Crippen LogP contribution in [0.1, 0.15) is 39.1 Å². The van der Waals surface area contributed by atoms with Gasteiger partial charge in [0.1, 0.15) is 5.60 Å². The van der Waals surface area contributed by atoms with E-state index in [9.17, 15) is 18.0 Å². The fourth-order valence-electron chi connectivity index (χ4n) is 3.03. The molecule has 3 aromatic rings. The normalized spacial score (nSPS) is 12.8. The topological polar surface area (TPSA) is 80.5 Å². The molecule has 7 nitrogen and oxygen atoms in total. The van der Waals surface area contributed by atoms with E-state index < -0.39 is 23.4 Å². The number of alkyl halides is 3. The fraction of sp³-hybridized carbons (Fsp3) is 0.375. The van der Waals surface area contributed by atoms with E-state index in [4.69, 9.17) is 9.15 Å². The number of ether oxygens (including phenoxy) is 1. The summed E-state index contributed by atoms with van der Waals surface area (Å²) in [6.45, 7) is 7.23. The molecule has 1 amide bonds. The van der Waals surface area contributed by atoms with E-state index in [1.807, 2.05) is 6.92 Å². The van der Waals surface area contributed by atoms with E-state index in [2.05, 4.69) is 15.5 Å². The van der Waals surface area contributed by atoms with Crippen LogP contribution in [0, 0.1) is 0 Å². The summed E-state index contributed by atoms with van der Waals surface area (Å²) in [4.78, 5) is 13.7. The summed E-state index contributed by atoms with van der Waals surface area (Å²) < 4.78 is 49.6. The molecular weight excluding hydrogens is 449 g/mol. The summed E-state index contributed by atoms with van der Waals surface area (Å²) in [5.41, 5.74) is 0.337. The lowest BCUT2D eigenvalue weighted by Crippen LogP contribution is -2.40. The number of hydrogen-bond acceptors (Lipinski definition) is 6. The predicted molar refractivity (Wildman–Crippen MR) is 122 cm³/mol. The highest BCUT2D eigenvalue weighted by atomic mass is 19.4. The fourth-order valence-corrected chi connectivity index (χ4v) is 3.03. The van der Waals surface area contributed by atoms with Gasteiger partial charge in [0.15, 0.2) is 0 Å². The maximum Gasteiger partial charge on any atom is 0.416 e. The maximum absolute atomic E-state index is 12.8. The molecule has 1 N–H and O–H groups in total. The molecule has 0 saturated carbocycles. The Balaban J connectivity index is 1.73. The number of rotatable bonds is 6. The van der Waals surface area contributed by atoms with Crippen molar-refractivity contribution in [3.05, 3.63) is 60.0 Å². The van der Waals surface area contributed by atoms with Gasteiger partial charge < -0.3 is 19.4 Å². The van der Waals surface area contributed by atoms with Gasteiger partial charge >= 0.3 is 12.3 Å². The molecule has 0 bridgehead atoms. The van der Waals surface area contributed by atoms with E-state index in [1.54, 1.807) is 52.1 Å². The molecule has 10 heteroatoms. The first-order chi connectivity index (χ1) is 15.8. The first-order valence-electron chi connectivity index (χ1n) is 10.7. The van der Waals surface area contributed by atoms with Gasteiger partial charge in [0.2, 0.25) is 11.8 Å². The molecule has 0 spiro atoms. The number of anilines is 2. The Kier molecular flexibility index (Phi) is 7.18. The minimum absolute atomic E-state index is 0.247. The number of benzene rings is 2. The van der Waals surface area contributed by atoms with E-state index >= 15 is 0 Å². The molecular formula is C24H27F3N4O3. The summed E-state index contributed by atoms with van der Waals surface area (Å²) >= 11 is 0. The molecule has 1 unspecified atom stereocenters. The number of aromatic nitrogens is 2. The molecule has 34 heavy (non-hydrogen) atoms. The van der Waals surface area contributed by atoms with Gasteiger partial charge in [0.05, 0.1) is 16.8 Å². The number of likely N-dealkylation sites (N-methyl/N-ethyl adjacent to an activating group) is 1. The monoisotopic (exact) mass is 476 g/mol. The van der Waals surface area contributed by atoms with Crippen molar-refractivity contribution < 1.29 is 27.1 Å². The van der Waals surface area contributed by atoms with Crippen molar-refractivity contribution in [2.75, 3.05) is 12.4 Å². The molecule has 182 valence electrons. The first-order valence-corrected chi connectivity index (χ1v) is 10.7. The summed E-state index contributed by atoms with van der Waals surface area (Å²) in [5, 5.41) is 11.3. The molecule has 3 rings (SSSR count). The molecule has 0 radical (unpaired) electrons. The van der Waals surface area contributed by atoms with Crippen molar-refractivity contribution in [1.82, 2.24) is 15.1 Å². The van der Waals surface area contributed by atoms with Crippen molar-refractivity contribution in [2.24, 2.45) is 0 Å². The smallest absolute Gasteiger partial charge is 0.416 e. The average Bonchev–Trinajstić information content (AvgIpc) is 3.20. The van der Waals surface area contributed by atoms with Crippen LogP contribution in [-0.2, 0) is 17.3 Å². The molecule has 1 aromatic heterocycles. The van der Waals surface area contributed by atoms with E-state index in [-0.39, 0.29) is 11.9 Å². The Morgan fingerprint density at radius 3 is 2.35 bits per heavy atom. The second-order valence-electron chi connectivity index (χ2n) is 8.89. The molecule has 0 aliphatic heterocycles. The molecule has 1 atom stereocenters. The second-order valence-corrected chi connectivity index (χ2v) is 8.89. The van der Waals surface area contributed by atoms with Crippen LogP contribution in [0.4, 0.5) is 29.3 Å². The van der Waals surface area contributed by atoms with Crippen LogP contribution < -0.4 is 5.32 Å². The van der Waals surface area contributed by atoms with Gasteiger partial charge in [0, 0.05) is 25.2 Å². The van der Waals surface area contributed by atoms with E-state index in [1.165, 1.54) is 17.0 Å². The third kappa shape index (κ3) is 6.49. The highest BCUT2D eigenvalue weighted by Gasteiger charge is 2.30. The number of carbonyl (C=O) groups is 1. The number of hydrogen-bond donors (Lipinski definition) is 1. The first kappa shape index (κ1) is 25.1. The molecule has 0 aliphatic carbocycles. The number of halogens is 3. The van der Waals surface area contributed by atoms with Crippen LogP contribution in [0.15, 0.2) is 52.9 Å². The molecule has 0 aliphatic rings. The number of nitrogens with zero attached hydrogens (tertiary/aromatic N) is 3. The Morgan fingerprint density at radius 2 is 1.74 bits per heavy atom. The standard InChI is InChI=1S/C24H27F3N4O3/c1-15(31(5)22(32)34-23(2,3)4)14-20-29-30-21(33-20)18-8-6-7-9-19(18)28-17-12-10-16(11-13-17)24(25,26)27/h6-13,15,28H,14H2,1-5H3. The number of carbonyl (C=O) groups excluding carboxylic acids is 1. The van der Waals surface area contributed by atoms with Crippen molar-refractivity contribution in [3.63, 3.8) is 0 Å². The lowest BCUT2D eigenvalue weighted by Gasteiger charge is -2.28. The van der Waals surface area contributed by atoms with Gasteiger partial charge in [-0.2, -0.15) is 13.2 Å². The van der Waals surface area contributed by atoms with Crippen LogP contribution in [0.3, 0.4) is 0 Å². The van der Waals surface area contributed by atoms with Crippen molar-refractivity contribution in [2.45, 2.75) is 51.9 Å². The zero-order valence-corrected chi connectivity index (χ0v) is 19.6. The summed E-state index contributed by atoms with van der Waals surface area (Å²) in [5.74, 6) is 0.583. The average molecular weight is 476 g/mol. The van der Waals surface area contributed by atoms with Crippen LogP contribution >= 0.6 is 0 Å². The lowest BCUT2D eigenvalue weighted by atomic mass is 10.1. The van der Waals surface area contributed by atoms with Gasteiger partial charge in [-0.05, 0) is 64.1 Å². The Labute approximate surface area is 195 Å².